The molecule has 0 radical (unpaired) electrons. The Labute approximate surface area is 138 Å². The molecular weight excluding hydrogens is 288 g/mol. The Morgan fingerprint density at radius 2 is 1.83 bits per heavy atom. The molecule has 0 aromatic rings. The van der Waals surface area contributed by atoms with Crippen LogP contribution in [0.3, 0.4) is 0 Å². The lowest BCUT2D eigenvalue weighted by atomic mass is 9.46. The molecule has 0 aromatic carbocycles. The third-order valence-electron chi connectivity index (χ3n) is 8.12. The maximum Gasteiger partial charge on any atom is 0.223 e. The Morgan fingerprint density at radius 3 is 2.48 bits per heavy atom. The zero-order valence-corrected chi connectivity index (χ0v) is 14.0. The van der Waals surface area contributed by atoms with Gasteiger partial charge in [-0.1, -0.05) is 12.8 Å². The van der Waals surface area contributed by atoms with Gasteiger partial charge in [-0.25, -0.2) is 0 Å². The smallest absolute Gasteiger partial charge is 0.223 e. The van der Waals surface area contributed by atoms with E-state index in [-0.39, 0.29) is 5.92 Å². The van der Waals surface area contributed by atoms with E-state index in [1.807, 2.05) is 0 Å². The van der Waals surface area contributed by atoms with Crippen LogP contribution in [0, 0.1) is 29.1 Å². The van der Waals surface area contributed by atoms with Gasteiger partial charge in [0.05, 0.1) is 6.10 Å². The van der Waals surface area contributed by atoms with E-state index < -0.39 is 0 Å². The number of amides is 1. The van der Waals surface area contributed by atoms with E-state index in [0.717, 1.165) is 25.9 Å². The number of carbonyl (C=O) groups excluding carboxylic acids is 1. The summed E-state index contributed by atoms with van der Waals surface area (Å²) >= 11 is 0. The first-order valence-electron chi connectivity index (χ1n) is 9.86. The largest absolute Gasteiger partial charge is 0.377 e. The van der Waals surface area contributed by atoms with Crippen LogP contribution in [0.4, 0.5) is 0 Å². The van der Waals surface area contributed by atoms with Crippen LogP contribution < -0.4 is 11.1 Å². The minimum atomic E-state index is 0.212. The molecule has 4 saturated carbocycles. The summed E-state index contributed by atoms with van der Waals surface area (Å²) in [5, 5.41) is 3.49. The topological polar surface area (TPSA) is 64.4 Å². The number of nitrogens with two attached hydrogens (primary N) is 1. The standard InChI is InChI=1S/C19H30N2O2/c20-15-11-3-1-4-12(15)10-13(9-11)18(22)21-16-14-5-8-23-17(14)19(16)6-2-7-19/h11-17H,1-10,20H2,(H,21,22). The lowest BCUT2D eigenvalue weighted by molar-refractivity contribution is -0.180. The highest BCUT2D eigenvalue weighted by molar-refractivity contribution is 5.79. The van der Waals surface area contributed by atoms with Crippen LogP contribution >= 0.6 is 0 Å². The minimum absolute atomic E-state index is 0.212. The normalized spacial score (nSPS) is 49.9. The summed E-state index contributed by atoms with van der Waals surface area (Å²) in [6, 6.07) is 0.744. The number of ether oxygens (including phenoxy) is 1. The highest BCUT2D eigenvalue weighted by Gasteiger charge is 2.67. The Kier molecular flexibility index (Phi) is 3.32. The summed E-state index contributed by atoms with van der Waals surface area (Å²) in [7, 11) is 0. The molecule has 3 N–H and O–H groups in total. The van der Waals surface area contributed by atoms with Crippen LogP contribution in [-0.4, -0.2) is 30.7 Å². The molecule has 1 amide bonds. The first-order chi connectivity index (χ1) is 11.2. The second kappa shape index (κ2) is 5.19. The zero-order chi connectivity index (χ0) is 15.6. The molecule has 0 aromatic heterocycles. The van der Waals surface area contributed by atoms with E-state index >= 15 is 0 Å². The number of fused-ring (bicyclic) bond motifs is 4. The van der Waals surface area contributed by atoms with Crippen molar-refractivity contribution in [2.75, 3.05) is 6.61 Å². The van der Waals surface area contributed by atoms with Crippen LogP contribution in [0.5, 0.6) is 0 Å². The first-order valence-corrected chi connectivity index (χ1v) is 9.86. The Morgan fingerprint density at radius 1 is 1.09 bits per heavy atom. The van der Waals surface area contributed by atoms with Crippen molar-refractivity contribution in [2.24, 2.45) is 34.8 Å². The minimum Gasteiger partial charge on any atom is -0.377 e. The van der Waals surface area contributed by atoms with E-state index in [0.29, 0.717) is 47.3 Å². The van der Waals surface area contributed by atoms with Gasteiger partial charge in [-0.2, -0.15) is 0 Å². The fraction of sp³-hybridized carbons (Fsp3) is 0.947. The van der Waals surface area contributed by atoms with Crippen molar-refractivity contribution in [3.05, 3.63) is 0 Å². The van der Waals surface area contributed by atoms with Gasteiger partial charge in [0, 0.05) is 35.9 Å². The molecule has 128 valence electrons. The zero-order valence-electron chi connectivity index (χ0n) is 14.0. The van der Waals surface area contributed by atoms with Gasteiger partial charge >= 0.3 is 0 Å². The first kappa shape index (κ1) is 14.7. The highest BCUT2D eigenvalue weighted by Crippen LogP contribution is 2.62. The maximum atomic E-state index is 13.0. The molecule has 23 heavy (non-hydrogen) atoms. The lowest BCUT2D eigenvalue weighted by Gasteiger charge is -2.63. The summed E-state index contributed by atoms with van der Waals surface area (Å²) in [4.78, 5) is 13.0. The average molecular weight is 318 g/mol. The van der Waals surface area contributed by atoms with Crippen LogP contribution in [0.15, 0.2) is 0 Å². The molecular formula is C19H30N2O2. The van der Waals surface area contributed by atoms with Gasteiger partial charge in [0.2, 0.25) is 5.91 Å². The number of carbonyl (C=O) groups is 1. The number of hydrogen-bond donors (Lipinski definition) is 2. The van der Waals surface area contributed by atoms with Crippen LogP contribution in [0.25, 0.3) is 0 Å². The molecule has 5 aliphatic rings. The van der Waals surface area contributed by atoms with Crippen molar-refractivity contribution in [2.45, 2.75) is 76.0 Å². The van der Waals surface area contributed by atoms with Crippen molar-refractivity contribution in [3.8, 4) is 0 Å². The van der Waals surface area contributed by atoms with E-state index in [1.165, 1.54) is 38.5 Å². The molecule has 4 aliphatic carbocycles. The summed E-state index contributed by atoms with van der Waals surface area (Å²) in [6.07, 6.45) is 11.2. The van der Waals surface area contributed by atoms with Gasteiger partial charge in [-0.15, -0.1) is 0 Å². The van der Waals surface area contributed by atoms with Crippen LogP contribution in [0.2, 0.25) is 0 Å². The van der Waals surface area contributed by atoms with Gasteiger partial charge < -0.3 is 15.8 Å². The van der Waals surface area contributed by atoms with Gasteiger partial charge in [0.25, 0.3) is 0 Å². The summed E-state index contributed by atoms with van der Waals surface area (Å²) in [6.45, 7) is 0.895. The van der Waals surface area contributed by atoms with E-state index in [4.69, 9.17) is 10.5 Å². The summed E-state index contributed by atoms with van der Waals surface area (Å²) in [5.74, 6) is 2.29. The summed E-state index contributed by atoms with van der Waals surface area (Å²) < 4.78 is 5.97. The maximum absolute atomic E-state index is 13.0. The molecule has 2 bridgehead atoms. The predicted octanol–water partition coefficient (Wildman–Crippen LogP) is 2.21. The molecule has 1 heterocycles. The number of nitrogens with one attached hydrogen (secondary N) is 1. The molecule has 5 rings (SSSR count). The number of hydrogen-bond acceptors (Lipinski definition) is 3. The fourth-order valence-corrected chi connectivity index (χ4v) is 6.73. The molecule has 4 nitrogen and oxygen atoms in total. The third kappa shape index (κ3) is 2.00. The lowest BCUT2D eigenvalue weighted by Crippen LogP contribution is -2.72. The third-order valence-corrected chi connectivity index (χ3v) is 8.12. The van der Waals surface area contributed by atoms with Crippen molar-refractivity contribution >= 4 is 5.91 Å². The van der Waals surface area contributed by atoms with E-state index in [2.05, 4.69) is 5.32 Å². The number of rotatable bonds is 2. The quantitative estimate of drug-likeness (QED) is 0.820. The van der Waals surface area contributed by atoms with Gasteiger partial charge in [-0.05, 0) is 56.8 Å². The van der Waals surface area contributed by atoms with Crippen molar-refractivity contribution < 1.29 is 9.53 Å². The van der Waals surface area contributed by atoms with Crippen LogP contribution in [-0.2, 0) is 9.53 Å². The summed E-state index contributed by atoms with van der Waals surface area (Å²) in [5.41, 5.74) is 6.68. The monoisotopic (exact) mass is 318 g/mol. The molecule has 5 unspecified atom stereocenters. The van der Waals surface area contributed by atoms with Crippen molar-refractivity contribution in [1.82, 2.24) is 5.32 Å². The second-order valence-corrected chi connectivity index (χ2v) is 9.01. The Hall–Kier alpha value is -0.610. The SMILES string of the molecule is NC1C2CCCC1CC(C(=O)NC1C3CCOC3C13CCC3)C2. The Balaban J connectivity index is 1.27. The van der Waals surface area contributed by atoms with Gasteiger partial charge in [0.15, 0.2) is 0 Å². The fourth-order valence-electron chi connectivity index (χ4n) is 6.73. The molecule has 4 heteroatoms. The van der Waals surface area contributed by atoms with E-state index in [9.17, 15) is 4.79 Å². The van der Waals surface area contributed by atoms with Gasteiger partial charge in [-0.3, -0.25) is 4.79 Å². The predicted molar refractivity (Wildman–Crippen MR) is 87.6 cm³/mol. The molecule has 5 atom stereocenters. The molecule has 1 saturated heterocycles. The van der Waals surface area contributed by atoms with E-state index in [1.54, 1.807) is 0 Å². The molecule has 5 fully saturated rings. The highest BCUT2D eigenvalue weighted by atomic mass is 16.5. The molecule has 1 aliphatic heterocycles. The Bertz CT molecular complexity index is 490. The van der Waals surface area contributed by atoms with Gasteiger partial charge in [0.1, 0.15) is 0 Å². The second-order valence-electron chi connectivity index (χ2n) is 9.01. The van der Waals surface area contributed by atoms with Crippen molar-refractivity contribution in [3.63, 3.8) is 0 Å². The molecule has 1 spiro atoms. The van der Waals surface area contributed by atoms with Crippen molar-refractivity contribution in [1.29, 1.82) is 0 Å². The average Bonchev–Trinajstić information content (AvgIpc) is 2.88. The van der Waals surface area contributed by atoms with Crippen LogP contribution in [0.1, 0.15) is 57.8 Å².